The van der Waals surface area contributed by atoms with Crippen LogP contribution in [0.25, 0.3) is 0 Å². The summed E-state index contributed by atoms with van der Waals surface area (Å²) in [5.74, 6) is 0. The maximum atomic E-state index is 4.73. The number of fused-ring (bicyclic) bond motifs is 1. The summed E-state index contributed by atoms with van der Waals surface area (Å²) < 4.78 is 0. The van der Waals surface area contributed by atoms with Crippen LogP contribution in [-0.2, 0) is 19.5 Å². The van der Waals surface area contributed by atoms with E-state index in [1.807, 2.05) is 0 Å². The molecule has 0 bridgehead atoms. The van der Waals surface area contributed by atoms with Crippen LogP contribution in [0.2, 0.25) is 0 Å². The first-order valence-corrected chi connectivity index (χ1v) is 8.14. The number of para-hydroxylation sites is 1. The molecule has 2 aromatic rings. The van der Waals surface area contributed by atoms with Crippen LogP contribution in [0, 0.1) is 0 Å². The van der Waals surface area contributed by atoms with Gasteiger partial charge in [0.1, 0.15) is 5.01 Å². The van der Waals surface area contributed by atoms with Crippen LogP contribution in [-0.4, -0.2) is 17.6 Å². The third kappa shape index (κ3) is 2.72. The van der Waals surface area contributed by atoms with Gasteiger partial charge in [-0.3, -0.25) is 0 Å². The lowest BCUT2D eigenvalue weighted by molar-refractivity contribution is 0.662. The van der Waals surface area contributed by atoms with Crippen LogP contribution >= 0.6 is 11.3 Å². The molecule has 2 heterocycles. The fraction of sp³-hybridized carbons (Fsp3) is 0.438. The van der Waals surface area contributed by atoms with Crippen molar-refractivity contribution in [3.05, 3.63) is 45.9 Å². The Morgan fingerprint density at radius 3 is 3.10 bits per heavy atom. The SMILES string of the molecule is CCNCc1nc(CN2c3ccccc3CC2C)cs1. The van der Waals surface area contributed by atoms with Crippen molar-refractivity contribution in [2.45, 2.75) is 39.4 Å². The van der Waals surface area contributed by atoms with Crippen LogP contribution in [0.1, 0.15) is 30.1 Å². The first-order chi connectivity index (χ1) is 9.78. The standard InChI is InChI=1S/C16H21N3S/c1-3-17-9-16-18-14(11-20-16)10-19-12(2)8-13-6-4-5-7-15(13)19/h4-7,11-12,17H,3,8-10H2,1-2H3. The largest absolute Gasteiger partial charge is 0.362 e. The van der Waals surface area contributed by atoms with Crippen LogP contribution in [0.5, 0.6) is 0 Å². The highest BCUT2D eigenvalue weighted by Gasteiger charge is 2.25. The Balaban J connectivity index is 1.73. The second-order valence-corrected chi connectivity index (χ2v) is 6.27. The highest BCUT2D eigenvalue weighted by Crippen LogP contribution is 2.33. The molecule has 1 unspecified atom stereocenters. The van der Waals surface area contributed by atoms with Gasteiger partial charge in [-0.2, -0.15) is 0 Å². The Bertz CT molecular complexity index is 579. The van der Waals surface area contributed by atoms with E-state index in [1.54, 1.807) is 11.3 Å². The Morgan fingerprint density at radius 1 is 1.40 bits per heavy atom. The van der Waals surface area contributed by atoms with Gasteiger partial charge in [0.15, 0.2) is 0 Å². The van der Waals surface area contributed by atoms with Gasteiger partial charge in [0, 0.05) is 23.7 Å². The molecule has 106 valence electrons. The lowest BCUT2D eigenvalue weighted by atomic mass is 10.1. The molecule has 1 aliphatic heterocycles. The van der Waals surface area contributed by atoms with Crippen LogP contribution in [0.4, 0.5) is 5.69 Å². The smallest absolute Gasteiger partial charge is 0.107 e. The average molecular weight is 287 g/mol. The molecule has 20 heavy (non-hydrogen) atoms. The van der Waals surface area contributed by atoms with E-state index in [0.717, 1.165) is 26.1 Å². The number of nitrogens with one attached hydrogen (secondary N) is 1. The van der Waals surface area contributed by atoms with Crippen LogP contribution in [0.3, 0.4) is 0 Å². The number of rotatable bonds is 5. The molecule has 0 saturated heterocycles. The molecule has 4 heteroatoms. The quantitative estimate of drug-likeness (QED) is 0.915. The predicted molar refractivity (Wildman–Crippen MR) is 85.3 cm³/mol. The lowest BCUT2D eigenvalue weighted by Crippen LogP contribution is -2.28. The maximum absolute atomic E-state index is 4.73. The average Bonchev–Trinajstić information content (AvgIpc) is 3.02. The van der Waals surface area contributed by atoms with E-state index in [1.165, 1.54) is 22.0 Å². The Labute approximate surface area is 124 Å². The summed E-state index contributed by atoms with van der Waals surface area (Å²) in [5, 5.41) is 6.71. The normalized spacial score (nSPS) is 17.5. The number of thiazole rings is 1. The van der Waals surface area contributed by atoms with Crippen molar-refractivity contribution in [2.24, 2.45) is 0 Å². The molecule has 0 aliphatic carbocycles. The lowest BCUT2D eigenvalue weighted by Gasteiger charge is -2.23. The van der Waals surface area contributed by atoms with E-state index in [9.17, 15) is 0 Å². The monoisotopic (exact) mass is 287 g/mol. The number of anilines is 1. The second-order valence-electron chi connectivity index (χ2n) is 5.32. The van der Waals surface area contributed by atoms with Crippen molar-refractivity contribution in [1.29, 1.82) is 0 Å². The molecule has 1 N–H and O–H groups in total. The molecule has 0 amide bonds. The third-order valence-electron chi connectivity index (χ3n) is 3.81. The van der Waals surface area contributed by atoms with E-state index < -0.39 is 0 Å². The van der Waals surface area contributed by atoms with Crippen molar-refractivity contribution in [1.82, 2.24) is 10.3 Å². The summed E-state index contributed by atoms with van der Waals surface area (Å²) in [7, 11) is 0. The summed E-state index contributed by atoms with van der Waals surface area (Å²) in [6.45, 7) is 7.21. The molecule has 0 fully saturated rings. The molecular weight excluding hydrogens is 266 g/mol. The Kier molecular flexibility index (Phi) is 4.03. The number of hydrogen-bond acceptors (Lipinski definition) is 4. The van der Waals surface area contributed by atoms with E-state index in [4.69, 9.17) is 4.98 Å². The zero-order chi connectivity index (χ0) is 13.9. The fourth-order valence-corrected chi connectivity index (χ4v) is 3.53. The van der Waals surface area contributed by atoms with Gasteiger partial charge in [-0.1, -0.05) is 25.1 Å². The van der Waals surface area contributed by atoms with Crippen molar-refractivity contribution in [3.8, 4) is 0 Å². The van der Waals surface area contributed by atoms with Gasteiger partial charge in [0.2, 0.25) is 0 Å². The fourth-order valence-electron chi connectivity index (χ4n) is 2.78. The van der Waals surface area contributed by atoms with Gasteiger partial charge in [-0.25, -0.2) is 4.98 Å². The molecule has 1 aromatic carbocycles. The van der Waals surface area contributed by atoms with Gasteiger partial charge in [-0.15, -0.1) is 11.3 Å². The van der Waals surface area contributed by atoms with Gasteiger partial charge >= 0.3 is 0 Å². The minimum atomic E-state index is 0.561. The third-order valence-corrected chi connectivity index (χ3v) is 4.70. The molecule has 1 atom stereocenters. The Morgan fingerprint density at radius 2 is 2.25 bits per heavy atom. The van der Waals surface area contributed by atoms with E-state index in [0.29, 0.717) is 6.04 Å². The molecule has 3 nitrogen and oxygen atoms in total. The predicted octanol–water partition coefficient (Wildman–Crippen LogP) is 3.20. The number of benzene rings is 1. The summed E-state index contributed by atoms with van der Waals surface area (Å²) in [6.07, 6.45) is 1.14. The number of hydrogen-bond donors (Lipinski definition) is 1. The summed E-state index contributed by atoms with van der Waals surface area (Å²) in [6, 6.07) is 9.29. The van der Waals surface area contributed by atoms with Crippen LogP contribution < -0.4 is 10.2 Å². The second kappa shape index (κ2) is 5.94. The molecule has 1 aliphatic rings. The molecule has 0 spiro atoms. The summed E-state index contributed by atoms with van der Waals surface area (Å²) in [4.78, 5) is 7.21. The zero-order valence-electron chi connectivity index (χ0n) is 12.1. The zero-order valence-corrected chi connectivity index (χ0v) is 12.9. The molecule has 1 aromatic heterocycles. The molecular formula is C16H21N3S. The van der Waals surface area contributed by atoms with Crippen molar-refractivity contribution < 1.29 is 0 Å². The minimum absolute atomic E-state index is 0.561. The first kappa shape index (κ1) is 13.6. The number of nitrogens with zero attached hydrogens (tertiary/aromatic N) is 2. The van der Waals surface area contributed by atoms with Gasteiger partial charge in [0.05, 0.1) is 12.2 Å². The summed E-state index contributed by atoms with van der Waals surface area (Å²) >= 11 is 1.76. The molecule has 0 radical (unpaired) electrons. The van der Waals surface area contributed by atoms with Gasteiger partial charge in [0.25, 0.3) is 0 Å². The van der Waals surface area contributed by atoms with Gasteiger partial charge < -0.3 is 10.2 Å². The molecule has 0 saturated carbocycles. The van der Waals surface area contributed by atoms with Crippen molar-refractivity contribution in [2.75, 3.05) is 11.4 Å². The molecule has 3 rings (SSSR count). The van der Waals surface area contributed by atoms with Crippen molar-refractivity contribution in [3.63, 3.8) is 0 Å². The number of aromatic nitrogens is 1. The highest BCUT2D eigenvalue weighted by atomic mass is 32.1. The van der Waals surface area contributed by atoms with Gasteiger partial charge in [-0.05, 0) is 31.5 Å². The minimum Gasteiger partial charge on any atom is -0.362 e. The van der Waals surface area contributed by atoms with E-state index in [2.05, 4.69) is 53.7 Å². The van der Waals surface area contributed by atoms with Crippen LogP contribution in [0.15, 0.2) is 29.6 Å². The highest BCUT2D eigenvalue weighted by molar-refractivity contribution is 7.09. The van der Waals surface area contributed by atoms with E-state index in [-0.39, 0.29) is 0 Å². The van der Waals surface area contributed by atoms with Crippen molar-refractivity contribution >= 4 is 17.0 Å². The van der Waals surface area contributed by atoms with E-state index >= 15 is 0 Å². The summed E-state index contributed by atoms with van der Waals surface area (Å²) in [5.41, 5.74) is 4.02. The topological polar surface area (TPSA) is 28.2 Å². The first-order valence-electron chi connectivity index (χ1n) is 7.26. The Hall–Kier alpha value is -1.39. The maximum Gasteiger partial charge on any atom is 0.107 e.